The van der Waals surface area contributed by atoms with Gasteiger partial charge in [-0.1, -0.05) is 6.92 Å². The van der Waals surface area contributed by atoms with Crippen LogP contribution >= 0.6 is 0 Å². The Kier molecular flexibility index (Phi) is 5.14. The number of methoxy groups -OCH3 is 1. The van der Waals surface area contributed by atoms with Crippen molar-refractivity contribution >= 4 is 17.7 Å². The van der Waals surface area contributed by atoms with Gasteiger partial charge in [-0.25, -0.2) is 0 Å². The van der Waals surface area contributed by atoms with Crippen molar-refractivity contribution in [3.05, 3.63) is 0 Å². The highest BCUT2D eigenvalue weighted by Crippen LogP contribution is 2.30. The van der Waals surface area contributed by atoms with Crippen molar-refractivity contribution in [2.24, 2.45) is 11.3 Å². The van der Waals surface area contributed by atoms with Crippen LogP contribution in [0.1, 0.15) is 33.6 Å². The molecule has 2 unspecified atom stereocenters. The van der Waals surface area contributed by atoms with E-state index < -0.39 is 23.3 Å². The predicted molar refractivity (Wildman–Crippen MR) is 56.8 cm³/mol. The van der Waals surface area contributed by atoms with Crippen LogP contribution in [0.3, 0.4) is 0 Å². The van der Waals surface area contributed by atoms with Crippen molar-refractivity contribution in [1.29, 1.82) is 0 Å². The summed E-state index contributed by atoms with van der Waals surface area (Å²) in [7, 11) is 1.14. The molecule has 0 spiro atoms. The van der Waals surface area contributed by atoms with Crippen LogP contribution in [0.25, 0.3) is 0 Å². The van der Waals surface area contributed by atoms with E-state index in [9.17, 15) is 14.4 Å². The number of carbonyl (C=O) groups excluding carboxylic acids is 2. The van der Waals surface area contributed by atoms with Gasteiger partial charge in [0.1, 0.15) is 5.78 Å². The van der Waals surface area contributed by atoms with E-state index >= 15 is 0 Å². The van der Waals surface area contributed by atoms with Crippen LogP contribution in [0.2, 0.25) is 0 Å². The fraction of sp³-hybridized carbons (Fsp3) is 0.727. The molecule has 92 valence electrons. The average Bonchev–Trinajstić information content (AvgIpc) is 2.23. The van der Waals surface area contributed by atoms with Crippen LogP contribution in [-0.2, 0) is 19.1 Å². The van der Waals surface area contributed by atoms with E-state index in [2.05, 4.69) is 4.74 Å². The van der Waals surface area contributed by atoms with Gasteiger partial charge in [-0.2, -0.15) is 0 Å². The van der Waals surface area contributed by atoms with Gasteiger partial charge in [0.15, 0.2) is 5.41 Å². The third-order valence-corrected chi connectivity index (χ3v) is 2.83. The van der Waals surface area contributed by atoms with Crippen LogP contribution in [-0.4, -0.2) is 29.9 Å². The second-order valence-corrected chi connectivity index (χ2v) is 4.05. The molecule has 0 saturated heterocycles. The topological polar surface area (TPSA) is 80.7 Å². The summed E-state index contributed by atoms with van der Waals surface area (Å²) in [5, 5.41) is 9.05. The first-order valence-electron chi connectivity index (χ1n) is 5.11. The Morgan fingerprint density at radius 3 is 2.12 bits per heavy atom. The molecule has 0 saturated carbocycles. The summed E-state index contributed by atoms with van der Waals surface area (Å²) in [5.74, 6) is -2.63. The summed E-state index contributed by atoms with van der Waals surface area (Å²) in [5.41, 5.74) is -1.65. The van der Waals surface area contributed by atoms with E-state index in [0.29, 0.717) is 6.42 Å². The summed E-state index contributed by atoms with van der Waals surface area (Å²) in [6.45, 7) is 4.46. The maximum atomic E-state index is 11.4. The molecular formula is C11H18O5. The number of aliphatic carboxylic acids is 1. The maximum Gasteiger partial charge on any atom is 0.322 e. The summed E-state index contributed by atoms with van der Waals surface area (Å²) >= 11 is 0. The molecule has 0 aliphatic carbocycles. The monoisotopic (exact) mass is 230 g/mol. The van der Waals surface area contributed by atoms with E-state index in [1.165, 1.54) is 13.8 Å². The average molecular weight is 230 g/mol. The molecule has 1 N–H and O–H groups in total. The highest BCUT2D eigenvalue weighted by Gasteiger charge is 2.44. The maximum absolute atomic E-state index is 11.4. The lowest BCUT2D eigenvalue weighted by Crippen LogP contribution is -2.40. The Morgan fingerprint density at radius 1 is 1.38 bits per heavy atom. The van der Waals surface area contributed by atoms with Crippen molar-refractivity contribution in [2.45, 2.75) is 33.6 Å². The first-order valence-corrected chi connectivity index (χ1v) is 5.11. The molecule has 5 nitrogen and oxygen atoms in total. The second-order valence-electron chi connectivity index (χ2n) is 4.05. The minimum atomic E-state index is -1.65. The minimum Gasteiger partial charge on any atom is -0.480 e. The van der Waals surface area contributed by atoms with Gasteiger partial charge in [0.2, 0.25) is 0 Å². The van der Waals surface area contributed by atoms with E-state index in [1.54, 1.807) is 6.92 Å². The smallest absolute Gasteiger partial charge is 0.322 e. The molecule has 0 fully saturated rings. The zero-order valence-corrected chi connectivity index (χ0v) is 10.1. The molecule has 0 aromatic heterocycles. The Balaban J connectivity index is 5.01. The molecule has 0 rings (SSSR count). The van der Waals surface area contributed by atoms with Crippen molar-refractivity contribution in [2.75, 3.05) is 7.11 Å². The number of ether oxygens (including phenoxy) is 1. The first kappa shape index (κ1) is 14.6. The molecule has 0 heterocycles. The molecule has 2 atom stereocenters. The standard InChI is InChI=1S/C11H18O5/c1-5-8(7(2)12)6-11(3,9(13)14)10(15)16-4/h8H,5-6H2,1-4H3,(H,13,14). The molecule has 0 radical (unpaired) electrons. The van der Waals surface area contributed by atoms with E-state index in [4.69, 9.17) is 5.11 Å². The van der Waals surface area contributed by atoms with Crippen molar-refractivity contribution in [3.8, 4) is 0 Å². The highest BCUT2D eigenvalue weighted by molar-refractivity contribution is 5.99. The van der Waals surface area contributed by atoms with Crippen LogP contribution < -0.4 is 0 Å². The fourth-order valence-corrected chi connectivity index (χ4v) is 1.55. The zero-order chi connectivity index (χ0) is 12.9. The lowest BCUT2D eigenvalue weighted by molar-refractivity contribution is -0.167. The molecule has 0 aromatic carbocycles. The molecule has 0 aliphatic rings. The fourth-order valence-electron chi connectivity index (χ4n) is 1.55. The number of hydrogen-bond donors (Lipinski definition) is 1. The molecule has 16 heavy (non-hydrogen) atoms. The molecule has 0 amide bonds. The van der Waals surface area contributed by atoms with Gasteiger partial charge < -0.3 is 9.84 Å². The van der Waals surface area contributed by atoms with E-state index in [0.717, 1.165) is 7.11 Å². The summed E-state index contributed by atoms with van der Waals surface area (Å²) in [6.07, 6.45) is 0.482. The highest BCUT2D eigenvalue weighted by atomic mass is 16.5. The number of carboxylic acid groups (broad SMARTS) is 1. The third kappa shape index (κ3) is 3.05. The number of rotatable bonds is 6. The van der Waals surface area contributed by atoms with Crippen molar-refractivity contribution in [1.82, 2.24) is 0 Å². The number of ketones is 1. The van der Waals surface area contributed by atoms with Gasteiger partial charge in [0, 0.05) is 5.92 Å². The number of Topliss-reactive ketones (excluding diaryl/α,β-unsaturated/α-hetero) is 1. The molecule has 5 heteroatoms. The largest absolute Gasteiger partial charge is 0.480 e. The van der Waals surface area contributed by atoms with Crippen LogP contribution in [0.5, 0.6) is 0 Å². The van der Waals surface area contributed by atoms with Crippen LogP contribution in [0, 0.1) is 11.3 Å². The molecular weight excluding hydrogens is 212 g/mol. The van der Waals surface area contributed by atoms with E-state index in [1.807, 2.05) is 0 Å². The number of hydrogen-bond acceptors (Lipinski definition) is 4. The van der Waals surface area contributed by atoms with Gasteiger partial charge in [0.05, 0.1) is 7.11 Å². The van der Waals surface area contributed by atoms with Crippen molar-refractivity contribution in [3.63, 3.8) is 0 Å². The van der Waals surface area contributed by atoms with Gasteiger partial charge in [-0.15, -0.1) is 0 Å². The van der Waals surface area contributed by atoms with Gasteiger partial charge in [-0.3, -0.25) is 14.4 Å². The first-order chi connectivity index (χ1) is 7.29. The molecule has 0 aliphatic heterocycles. The summed E-state index contributed by atoms with van der Waals surface area (Å²) in [6, 6.07) is 0. The lowest BCUT2D eigenvalue weighted by atomic mass is 9.78. The van der Waals surface area contributed by atoms with Gasteiger partial charge in [0.25, 0.3) is 0 Å². The SMILES string of the molecule is CCC(CC(C)(C(=O)O)C(=O)OC)C(C)=O. The Morgan fingerprint density at radius 2 is 1.88 bits per heavy atom. The zero-order valence-electron chi connectivity index (χ0n) is 10.1. The molecule has 0 bridgehead atoms. The number of esters is 1. The summed E-state index contributed by atoms with van der Waals surface area (Å²) in [4.78, 5) is 33.8. The Bertz CT molecular complexity index is 297. The Labute approximate surface area is 94.8 Å². The Hall–Kier alpha value is -1.39. The molecule has 0 aromatic rings. The van der Waals surface area contributed by atoms with E-state index in [-0.39, 0.29) is 12.2 Å². The lowest BCUT2D eigenvalue weighted by Gasteiger charge is -2.25. The van der Waals surface area contributed by atoms with Gasteiger partial charge in [-0.05, 0) is 26.7 Å². The number of carbonyl (C=O) groups is 3. The minimum absolute atomic E-state index is 0.0269. The second kappa shape index (κ2) is 5.63. The quantitative estimate of drug-likeness (QED) is 0.548. The van der Waals surface area contributed by atoms with Crippen LogP contribution in [0.15, 0.2) is 0 Å². The third-order valence-electron chi connectivity index (χ3n) is 2.83. The van der Waals surface area contributed by atoms with Crippen LogP contribution in [0.4, 0.5) is 0 Å². The normalized spacial score (nSPS) is 16.0. The predicted octanol–water partition coefficient (Wildman–Crippen LogP) is 1.26. The summed E-state index contributed by atoms with van der Waals surface area (Å²) < 4.78 is 4.47. The number of carboxylic acids is 1. The van der Waals surface area contributed by atoms with Crippen molar-refractivity contribution < 1.29 is 24.2 Å². The van der Waals surface area contributed by atoms with Gasteiger partial charge >= 0.3 is 11.9 Å².